The number of rotatable bonds is 3. The van der Waals surface area contributed by atoms with Crippen LogP contribution < -0.4 is 16.2 Å². The average molecular weight is 412 g/mol. The second-order valence-electron chi connectivity index (χ2n) is 5.76. The molecular weight excluding hydrogens is 394 g/mol. The molecule has 0 unspecified atom stereocenters. The number of carbonyl (C=O) groups excluding carboxylic acids is 2. The fraction of sp³-hybridized carbons (Fsp3) is 0.294. The first-order valence-electron chi connectivity index (χ1n) is 8.00. The van der Waals surface area contributed by atoms with Crippen molar-refractivity contribution in [2.45, 2.75) is 29.6 Å². The second kappa shape index (κ2) is 8.30. The zero-order chi connectivity index (χ0) is 18.7. The highest BCUT2D eigenvalue weighted by Gasteiger charge is 2.29. The number of hydrogen-bond acceptors (Lipinski definition) is 5. The van der Waals surface area contributed by atoms with Crippen LogP contribution in [0.25, 0.3) is 0 Å². The Kier molecular flexibility index (Phi) is 6.08. The van der Waals surface area contributed by atoms with Crippen LogP contribution in [0.1, 0.15) is 39.7 Å². The van der Waals surface area contributed by atoms with E-state index in [1.165, 1.54) is 23.1 Å². The van der Waals surface area contributed by atoms with Gasteiger partial charge in [0.15, 0.2) is 0 Å². The molecule has 1 aliphatic rings. The van der Waals surface area contributed by atoms with E-state index in [-0.39, 0.29) is 5.91 Å². The van der Waals surface area contributed by atoms with Gasteiger partial charge in [-0.25, -0.2) is 10.2 Å². The van der Waals surface area contributed by atoms with Gasteiger partial charge in [0.1, 0.15) is 0 Å². The molecule has 4 N–H and O–H groups in total. The van der Waals surface area contributed by atoms with Crippen molar-refractivity contribution in [1.29, 1.82) is 0 Å². The Morgan fingerprint density at radius 3 is 2.69 bits per heavy atom. The topological polar surface area (TPSA) is 90.5 Å². The minimum atomic E-state index is -0.559. The third-order valence-electron chi connectivity index (χ3n) is 4.03. The number of benzene rings is 1. The monoisotopic (exact) mass is 411 g/mol. The van der Waals surface area contributed by atoms with E-state index in [2.05, 4.69) is 16.2 Å². The third-order valence-corrected chi connectivity index (χ3v) is 6.67. The van der Waals surface area contributed by atoms with Crippen molar-refractivity contribution in [2.24, 2.45) is 0 Å². The maximum atomic E-state index is 12.5. The molecule has 26 heavy (non-hydrogen) atoms. The van der Waals surface area contributed by atoms with Gasteiger partial charge < -0.3 is 10.4 Å². The highest BCUT2D eigenvalue weighted by molar-refractivity contribution is 8.00. The van der Waals surface area contributed by atoms with Gasteiger partial charge in [-0.05, 0) is 55.3 Å². The Balaban J connectivity index is 1.65. The molecule has 2 aromatic rings. The van der Waals surface area contributed by atoms with E-state index in [9.17, 15) is 14.7 Å². The van der Waals surface area contributed by atoms with E-state index in [1.54, 1.807) is 24.3 Å². The molecule has 1 aliphatic carbocycles. The van der Waals surface area contributed by atoms with Crippen LogP contribution in [-0.2, 0) is 6.42 Å². The zero-order valence-electron chi connectivity index (χ0n) is 14.0. The SMILES string of the molecule is CSc1sc(C(=O)NNC(=O)Nc2ccc(Cl)cc2)c2c1[C@H](O)CCC2. The lowest BCUT2D eigenvalue weighted by Gasteiger charge is -2.19. The molecule has 1 aromatic heterocycles. The smallest absolute Gasteiger partial charge is 0.337 e. The van der Waals surface area contributed by atoms with Crippen LogP contribution >= 0.6 is 34.7 Å². The maximum absolute atomic E-state index is 12.5. The number of urea groups is 1. The fourth-order valence-corrected chi connectivity index (χ4v) is 5.08. The van der Waals surface area contributed by atoms with E-state index in [0.29, 0.717) is 22.0 Å². The number of anilines is 1. The number of fused-ring (bicyclic) bond motifs is 1. The summed E-state index contributed by atoms with van der Waals surface area (Å²) in [6.07, 6.45) is 3.69. The maximum Gasteiger partial charge on any atom is 0.337 e. The molecule has 138 valence electrons. The van der Waals surface area contributed by atoms with E-state index in [4.69, 9.17) is 11.6 Å². The normalized spacial score (nSPS) is 15.9. The average Bonchev–Trinajstić information content (AvgIpc) is 3.02. The molecule has 3 amide bonds. The Labute approximate surface area is 164 Å². The van der Waals surface area contributed by atoms with Crippen LogP contribution in [0, 0.1) is 0 Å². The number of aliphatic hydroxyl groups is 1. The van der Waals surface area contributed by atoms with Crippen molar-refractivity contribution in [1.82, 2.24) is 10.9 Å². The van der Waals surface area contributed by atoms with Gasteiger partial charge in [-0.3, -0.25) is 10.2 Å². The molecule has 0 bridgehead atoms. The molecule has 0 saturated carbocycles. The summed E-state index contributed by atoms with van der Waals surface area (Å²) in [5, 5.41) is 13.4. The van der Waals surface area contributed by atoms with Crippen LogP contribution in [0.4, 0.5) is 10.5 Å². The molecule has 3 rings (SSSR count). The Morgan fingerprint density at radius 1 is 1.27 bits per heavy atom. The zero-order valence-corrected chi connectivity index (χ0v) is 16.4. The molecule has 0 saturated heterocycles. The van der Waals surface area contributed by atoms with Crippen LogP contribution in [0.15, 0.2) is 28.5 Å². The largest absolute Gasteiger partial charge is 0.388 e. The molecule has 1 heterocycles. The van der Waals surface area contributed by atoms with Crippen LogP contribution in [0.3, 0.4) is 0 Å². The van der Waals surface area contributed by atoms with Gasteiger partial charge in [-0.15, -0.1) is 23.1 Å². The molecular formula is C17H18ClN3O3S2. The molecule has 0 aliphatic heterocycles. The molecule has 1 atom stereocenters. The summed E-state index contributed by atoms with van der Waals surface area (Å²) in [4.78, 5) is 25.0. The molecule has 0 radical (unpaired) electrons. The summed E-state index contributed by atoms with van der Waals surface area (Å²) in [7, 11) is 0. The van der Waals surface area contributed by atoms with Crippen molar-refractivity contribution < 1.29 is 14.7 Å². The van der Waals surface area contributed by atoms with E-state index >= 15 is 0 Å². The van der Waals surface area contributed by atoms with Crippen molar-refractivity contribution in [3.05, 3.63) is 45.3 Å². The fourth-order valence-electron chi connectivity index (χ4n) is 2.86. The predicted octanol–water partition coefficient (Wildman–Crippen LogP) is 3.96. The number of amides is 3. The van der Waals surface area contributed by atoms with E-state index < -0.39 is 12.1 Å². The molecule has 0 spiro atoms. The van der Waals surface area contributed by atoms with Crippen molar-refractivity contribution >= 4 is 52.3 Å². The standard InChI is InChI=1S/C17H18ClN3O3S2/c1-25-16-13-11(3-2-4-12(13)22)14(26-16)15(23)20-21-17(24)19-10-7-5-9(18)6-8-10/h5-8,12,22H,2-4H2,1H3,(H,20,23)(H2,19,21,24)/t12-/m1/s1. The van der Waals surface area contributed by atoms with Crippen molar-refractivity contribution in [3.8, 4) is 0 Å². The number of thiophene rings is 1. The number of halogens is 1. The molecule has 9 heteroatoms. The highest BCUT2D eigenvalue weighted by atomic mass is 35.5. The predicted molar refractivity (Wildman–Crippen MR) is 105 cm³/mol. The molecule has 0 fully saturated rings. The van der Waals surface area contributed by atoms with Gasteiger partial charge in [-0.1, -0.05) is 11.6 Å². The summed E-state index contributed by atoms with van der Waals surface area (Å²) in [5.41, 5.74) is 7.08. The first kappa shape index (κ1) is 19.0. The van der Waals surface area contributed by atoms with E-state index in [1.807, 2.05) is 6.26 Å². The number of hydrogen-bond donors (Lipinski definition) is 4. The molecule has 1 aromatic carbocycles. The van der Waals surface area contributed by atoms with Crippen LogP contribution in [-0.4, -0.2) is 23.3 Å². The third kappa shape index (κ3) is 4.15. The first-order valence-corrected chi connectivity index (χ1v) is 10.4. The Hall–Kier alpha value is -1.74. The summed E-state index contributed by atoms with van der Waals surface area (Å²) in [6.45, 7) is 0. The van der Waals surface area contributed by atoms with Gasteiger partial charge in [0, 0.05) is 16.3 Å². The van der Waals surface area contributed by atoms with Crippen LogP contribution in [0.2, 0.25) is 5.02 Å². The Bertz CT molecular complexity index is 823. The first-order chi connectivity index (χ1) is 12.5. The minimum Gasteiger partial charge on any atom is -0.388 e. The lowest BCUT2D eigenvalue weighted by Crippen LogP contribution is -2.44. The van der Waals surface area contributed by atoms with Crippen LogP contribution in [0.5, 0.6) is 0 Å². The number of hydrazine groups is 1. The second-order valence-corrected chi connectivity index (χ2v) is 8.30. The lowest BCUT2D eigenvalue weighted by atomic mass is 9.91. The Morgan fingerprint density at radius 2 is 2.00 bits per heavy atom. The quantitative estimate of drug-likeness (QED) is 0.454. The van der Waals surface area contributed by atoms with Crippen molar-refractivity contribution in [3.63, 3.8) is 0 Å². The van der Waals surface area contributed by atoms with Crippen molar-refractivity contribution in [2.75, 3.05) is 11.6 Å². The van der Waals surface area contributed by atoms with Gasteiger partial charge >= 0.3 is 6.03 Å². The number of nitrogens with one attached hydrogen (secondary N) is 3. The summed E-state index contributed by atoms with van der Waals surface area (Å²) >= 11 is 8.67. The van der Waals surface area contributed by atoms with Gasteiger partial charge in [-0.2, -0.15) is 0 Å². The number of aliphatic hydroxyl groups excluding tert-OH is 1. The summed E-state index contributed by atoms with van der Waals surface area (Å²) in [5.74, 6) is -0.382. The summed E-state index contributed by atoms with van der Waals surface area (Å²) in [6, 6.07) is 6.07. The molecule has 6 nitrogen and oxygen atoms in total. The van der Waals surface area contributed by atoms with Gasteiger partial charge in [0.25, 0.3) is 5.91 Å². The van der Waals surface area contributed by atoms with E-state index in [0.717, 1.165) is 28.2 Å². The summed E-state index contributed by atoms with van der Waals surface area (Å²) < 4.78 is 0.947. The lowest BCUT2D eigenvalue weighted by molar-refractivity contribution is 0.0940. The number of carbonyl (C=O) groups is 2. The van der Waals surface area contributed by atoms with Gasteiger partial charge in [0.2, 0.25) is 0 Å². The van der Waals surface area contributed by atoms with Gasteiger partial charge in [0.05, 0.1) is 15.2 Å². The minimum absolute atomic E-state index is 0.382. The number of thioether (sulfide) groups is 1. The highest BCUT2D eigenvalue weighted by Crippen LogP contribution is 2.43.